The van der Waals surface area contributed by atoms with Gasteiger partial charge in [0.05, 0.1) is 12.2 Å². The lowest BCUT2D eigenvalue weighted by molar-refractivity contribution is -0.128. The zero-order valence-electron chi connectivity index (χ0n) is 12.6. The van der Waals surface area contributed by atoms with Crippen molar-refractivity contribution in [2.45, 2.75) is 45.1 Å². The van der Waals surface area contributed by atoms with Crippen molar-refractivity contribution in [3.8, 4) is 0 Å². The summed E-state index contributed by atoms with van der Waals surface area (Å²) in [5.41, 5.74) is -0.431. The minimum Gasteiger partial charge on any atom is -0.396 e. The molecule has 2 atom stereocenters. The Morgan fingerprint density at radius 2 is 2.15 bits per heavy atom. The zero-order valence-corrected chi connectivity index (χ0v) is 13.4. The quantitative estimate of drug-likeness (QED) is 0.740. The van der Waals surface area contributed by atoms with Crippen LogP contribution in [0.15, 0.2) is 0 Å². The Labute approximate surface area is 121 Å². The van der Waals surface area contributed by atoms with Crippen LogP contribution in [-0.2, 0) is 14.8 Å². The first-order valence-electron chi connectivity index (χ1n) is 7.10. The van der Waals surface area contributed by atoms with E-state index in [0.717, 1.165) is 6.42 Å². The number of aliphatic hydroxyl groups is 1. The predicted molar refractivity (Wildman–Crippen MR) is 77.7 cm³/mol. The van der Waals surface area contributed by atoms with Crippen LogP contribution in [0.3, 0.4) is 0 Å². The number of nitrogens with one attached hydrogen (secondary N) is 1. The van der Waals surface area contributed by atoms with Gasteiger partial charge >= 0.3 is 0 Å². The van der Waals surface area contributed by atoms with Gasteiger partial charge in [0.25, 0.3) is 0 Å². The molecule has 1 aliphatic heterocycles. The summed E-state index contributed by atoms with van der Waals surface area (Å²) in [6, 6.07) is 0. The third kappa shape index (κ3) is 4.71. The van der Waals surface area contributed by atoms with Crippen LogP contribution in [0.5, 0.6) is 0 Å². The fraction of sp³-hybridized carbons (Fsp3) is 0.923. The second-order valence-corrected chi connectivity index (χ2v) is 7.82. The second kappa shape index (κ2) is 6.87. The van der Waals surface area contributed by atoms with E-state index in [2.05, 4.69) is 5.32 Å². The number of hydrogen-bond acceptors (Lipinski definition) is 4. The molecule has 0 aromatic heterocycles. The highest BCUT2D eigenvalue weighted by molar-refractivity contribution is 7.88. The van der Waals surface area contributed by atoms with Gasteiger partial charge in [-0.15, -0.1) is 0 Å². The summed E-state index contributed by atoms with van der Waals surface area (Å²) < 4.78 is 24.5. The Hall–Kier alpha value is -0.660. The number of carbonyl (C=O) groups excluding carboxylic acids is 1. The number of rotatable bonds is 6. The van der Waals surface area contributed by atoms with Crippen LogP contribution >= 0.6 is 0 Å². The molecule has 1 aliphatic rings. The maximum absolute atomic E-state index is 12.3. The lowest BCUT2D eigenvalue weighted by Gasteiger charge is -2.34. The smallest absolute Gasteiger partial charge is 0.224 e. The van der Waals surface area contributed by atoms with Crippen LogP contribution < -0.4 is 5.32 Å². The molecule has 118 valence electrons. The van der Waals surface area contributed by atoms with E-state index >= 15 is 0 Å². The van der Waals surface area contributed by atoms with Gasteiger partial charge in [0.1, 0.15) is 0 Å². The molecule has 0 radical (unpaired) electrons. The van der Waals surface area contributed by atoms with Crippen molar-refractivity contribution >= 4 is 15.9 Å². The van der Waals surface area contributed by atoms with Crippen LogP contribution in [0.2, 0.25) is 0 Å². The topological polar surface area (TPSA) is 86.7 Å². The third-order valence-electron chi connectivity index (χ3n) is 4.09. The highest BCUT2D eigenvalue weighted by atomic mass is 32.2. The normalized spacial score (nSPS) is 24.1. The summed E-state index contributed by atoms with van der Waals surface area (Å²) in [6.45, 7) is 4.62. The first-order chi connectivity index (χ1) is 9.22. The number of sulfonamides is 1. The van der Waals surface area contributed by atoms with E-state index in [1.165, 1.54) is 10.6 Å². The SMILES string of the molecule is CCC(C)(CCO)NC(=O)C1CCCN(S(C)(=O)=O)C1. The van der Waals surface area contributed by atoms with Crippen molar-refractivity contribution in [3.05, 3.63) is 0 Å². The highest BCUT2D eigenvalue weighted by Gasteiger charge is 2.33. The Balaban J connectivity index is 2.68. The Kier molecular flexibility index (Phi) is 5.97. The van der Waals surface area contributed by atoms with Gasteiger partial charge in [0, 0.05) is 25.2 Å². The van der Waals surface area contributed by atoms with Crippen LogP contribution in [0.1, 0.15) is 39.5 Å². The molecule has 1 heterocycles. The van der Waals surface area contributed by atoms with Crippen molar-refractivity contribution in [2.24, 2.45) is 5.92 Å². The monoisotopic (exact) mass is 306 g/mol. The van der Waals surface area contributed by atoms with Crippen molar-refractivity contribution in [1.82, 2.24) is 9.62 Å². The molecular formula is C13H26N2O4S. The van der Waals surface area contributed by atoms with E-state index < -0.39 is 15.6 Å². The van der Waals surface area contributed by atoms with Gasteiger partial charge in [0.2, 0.25) is 15.9 Å². The molecule has 7 heteroatoms. The zero-order chi connectivity index (χ0) is 15.4. The van der Waals surface area contributed by atoms with E-state index in [1.807, 2.05) is 13.8 Å². The van der Waals surface area contributed by atoms with Gasteiger partial charge < -0.3 is 10.4 Å². The molecule has 6 nitrogen and oxygen atoms in total. The van der Waals surface area contributed by atoms with Crippen molar-refractivity contribution in [3.63, 3.8) is 0 Å². The van der Waals surface area contributed by atoms with Gasteiger partial charge in [0.15, 0.2) is 0 Å². The predicted octanol–water partition coefficient (Wildman–Crippen LogP) is 0.325. The van der Waals surface area contributed by atoms with E-state index in [-0.39, 0.29) is 25.0 Å². The maximum Gasteiger partial charge on any atom is 0.224 e. The summed E-state index contributed by atoms with van der Waals surface area (Å²) in [5, 5.41) is 12.0. The average molecular weight is 306 g/mol. The van der Waals surface area contributed by atoms with Gasteiger partial charge in [-0.2, -0.15) is 0 Å². The van der Waals surface area contributed by atoms with E-state index in [0.29, 0.717) is 25.8 Å². The van der Waals surface area contributed by atoms with Crippen molar-refractivity contribution in [2.75, 3.05) is 26.0 Å². The molecule has 0 bridgehead atoms. The number of hydrogen-bond donors (Lipinski definition) is 2. The van der Waals surface area contributed by atoms with Crippen LogP contribution in [0, 0.1) is 5.92 Å². The minimum atomic E-state index is -3.24. The Morgan fingerprint density at radius 1 is 1.50 bits per heavy atom. The summed E-state index contributed by atoms with van der Waals surface area (Å²) in [6.07, 6.45) is 3.81. The maximum atomic E-state index is 12.3. The Morgan fingerprint density at radius 3 is 2.65 bits per heavy atom. The van der Waals surface area contributed by atoms with Gasteiger partial charge in [-0.25, -0.2) is 12.7 Å². The second-order valence-electron chi connectivity index (χ2n) is 5.84. The number of piperidine rings is 1. The van der Waals surface area contributed by atoms with E-state index in [1.54, 1.807) is 0 Å². The summed E-state index contributed by atoms with van der Waals surface area (Å²) in [7, 11) is -3.24. The molecule has 2 unspecified atom stereocenters. The first kappa shape index (κ1) is 17.4. The summed E-state index contributed by atoms with van der Waals surface area (Å²) in [5.74, 6) is -0.417. The fourth-order valence-corrected chi connectivity index (χ4v) is 3.34. The first-order valence-corrected chi connectivity index (χ1v) is 8.94. The molecule has 0 spiro atoms. The van der Waals surface area contributed by atoms with Crippen molar-refractivity contribution < 1.29 is 18.3 Å². The Bertz CT molecular complexity index is 438. The van der Waals surface area contributed by atoms with Crippen LogP contribution in [-0.4, -0.2) is 55.2 Å². The van der Waals surface area contributed by atoms with Crippen LogP contribution in [0.25, 0.3) is 0 Å². The number of nitrogens with zero attached hydrogens (tertiary/aromatic N) is 1. The van der Waals surface area contributed by atoms with Gasteiger partial charge in [-0.3, -0.25) is 4.79 Å². The molecule has 1 rings (SSSR count). The third-order valence-corrected chi connectivity index (χ3v) is 5.36. The minimum absolute atomic E-state index is 0.0186. The lowest BCUT2D eigenvalue weighted by Crippen LogP contribution is -2.52. The molecule has 1 saturated heterocycles. The molecule has 0 saturated carbocycles. The number of amides is 1. The van der Waals surface area contributed by atoms with Crippen molar-refractivity contribution in [1.29, 1.82) is 0 Å². The molecule has 1 amide bonds. The summed E-state index contributed by atoms with van der Waals surface area (Å²) in [4.78, 5) is 12.3. The van der Waals surface area contributed by atoms with Gasteiger partial charge in [-0.05, 0) is 32.6 Å². The van der Waals surface area contributed by atoms with Crippen LogP contribution in [0.4, 0.5) is 0 Å². The average Bonchev–Trinajstić information content (AvgIpc) is 2.38. The summed E-state index contributed by atoms with van der Waals surface area (Å²) >= 11 is 0. The van der Waals surface area contributed by atoms with E-state index in [4.69, 9.17) is 5.11 Å². The number of aliphatic hydroxyl groups excluding tert-OH is 1. The molecular weight excluding hydrogens is 280 g/mol. The largest absolute Gasteiger partial charge is 0.396 e. The molecule has 1 fully saturated rings. The molecule has 2 N–H and O–H groups in total. The van der Waals surface area contributed by atoms with E-state index in [9.17, 15) is 13.2 Å². The molecule has 0 aliphatic carbocycles. The highest BCUT2D eigenvalue weighted by Crippen LogP contribution is 2.21. The molecule has 0 aromatic rings. The lowest BCUT2D eigenvalue weighted by atomic mass is 9.92. The fourth-order valence-electron chi connectivity index (χ4n) is 2.43. The molecule has 0 aromatic carbocycles. The standard InChI is InChI=1S/C13H26N2O4S/c1-4-13(2,7-9-16)14-12(17)11-6-5-8-15(10-11)20(3,18)19/h11,16H,4-10H2,1-3H3,(H,14,17). The number of carbonyl (C=O) groups is 1. The van der Waals surface area contributed by atoms with Gasteiger partial charge in [-0.1, -0.05) is 6.92 Å². The molecule has 20 heavy (non-hydrogen) atoms.